The van der Waals surface area contributed by atoms with Crippen LogP contribution in [0, 0.1) is 0 Å². The van der Waals surface area contributed by atoms with Gasteiger partial charge in [-0.1, -0.05) is 30.3 Å². The molecule has 3 amide bonds. The Labute approximate surface area is 154 Å². The van der Waals surface area contributed by atoms with E-state index in [2.05, 4.69) is 0 Å². The van der Waals surface area contributed by atoms with E-state index in [9.17, 15) is 9.59 Å². The van der Waals surface area contributed by atoms with E-state index in [1.165, 1.54) is 0 Å². The first-order valence-corrected chi connectivity index (χ1v) is 9.31. The molecule has 2 heterocycles. The number of piperidine rings is 1. The fourth-order valence-corrected chi connectivity index (χ4v) is 3.64. The first-order chi connectivity index (χ1) is 12.7. The number of ether oxygens (including phenoxy) is 1. The third-order valence-electron chi connectivity index (χ3n) is 5.08. The second kappa shape index (κ2) is 8.89. The van der Waals surface area contributed by atoms with Gasteiger partial charge in [-0.25, -0.2) is 9.59 Å². The number of aliphatic hydroxyl groups excluding tert-OH is 1. The topological polar surface area (TPSA) is 73.3 Å². The van der Waals surface area contributed by atoms with Gasteiger partial charge in [-0.2, -0.15) is 0 Å². The number of urea groups is 1. The van der Waals surface area contributed by atoms with Crippen LogP contribution < -0.4 is 0 Å². The van der Waals surface area contributed by atoms with Crippen molar-refractivity contribution in [3.8, 4) is 0 Å². The molecule has 2 saturated heterocycles. The summed E-state index contributed by atoms with van der Waals surface area (Å²) in [6, 6.07) is 9.80. The number of carbonyl (C=O) groups excluding carboxylic acids is 2. The standard InChI is InChI=1S/C19H27N3O4/c23-14-13-20-9-4-10-22(18(20)24)17-7-11-21(12-8-17)19(25)26-15-16-5-2-1-3-6-16/h1-3,5-6,17,23H,4,7-15H2. The molecule has 2 aliphatic heterocycles. The van der Waals surface area contributed by atoms with Gasteiger partial charge >= 0.3 is 12.1 Å². The summed E-state index contributed by atoms with van der Waals surface area (Å²) >= 11 is 0. The van der Waals surface area contributed by atoms with Crippen LogP contribution in [0.5, 0.6) is 0 Å². The minimum absolute atomic E-state index is 0.00865. The van der Waals surface area contributed by atoms with Gasteiger partial charge in [-0.05, 0) is 24.8 Å². The van der Waals surface area contributed by atoms with Crippen molar-refractivity contribution in [2.24, 2.45) is 0 Å². The lowest BCUT2D eigenvalue weighted by Crippen LogP contribution is -2.56. The maximum atomic E-state index is 12.5. The smallest absolute Gasteiger partial charge is 0.410 e. The average molecular weight is 361 g/mol. The van der Waals surface area contributed by atoms with E-state index in [0.29, 0.717) is 26.2 Å². The molecule has 0 saturated carbocycles. The molecule has 3 rings (SSSR count). The summed E-state index contributed by atoms with van der Waals surface area (Å²) in [5, 5.41) is 9.09. The Morgan fingerprint density at radius 1 is 1.12 bits per heavy atom. The summed E-state index contributed by atoms with van der Waals surface area (Å²) in [5.74, 6) is 0. The molecule has 1 aromatic carbocycles. The first-order valence-electron chi connectivity index (χ1n) is 9.31. The molecule has 0 aliphatic carbocycles. The third-order valence-corrected chi connectivity index (χ3v) is 5.08. The van der Waals surface area contributed by atoms with Crippen LogP contribution in [0.2, 0.25) is 0 Å². The Bertz CT molecular complexity index is 600. The van der Waals surface area contributed by atoms with Gasteiger partial charge < -0.3 is 24.5 Å². The summed E-state index contributed by atoms with van der Waals surface area (Å²) in [6.07, 6.45) is 2.16. The molecule has 142 valence electrons. The van der Waals surface area contributed by atoms with Crippen LogP contribution in [0.25, 0.3) is 0 Å². The van der Waals surface area contributed by atoms with Crippen molar-refractivity contribution in [2.75, 3.05) is 39.3 Å². The van der Waals surface area contributed by atoms with Crippen molar-refractivity contribution in [1.82, 2.24) is 14.7 Å². The maximum absolute atomic E-state index is 12.5. The first kappa shape index (κ1) is 18.5. The van der Waals surface area contributed by atoms with Crippen molar-refractivity contribution < 1.29 is 19.4 Å². The number of carbonyl (C=O) groups is 2. The summed E-state index contributed by atoms with van der Waals surface area (Å²) in [7, 11) is 0. The molecule has 0 bridgehead atoms. The second-order valence-electron chi connectivity index (χ2n) is 6.80. The molecule has 7 nitrogen and oxygen atoms in total. The van der Waals surface area contributed by atoms with Crippen LogP contribution in [0.15, 0.2) is 30.3 Å². The highest BCUT2D eigenvalue weighted by atomic mass is 16.6. The van der Waals surface area contributed by atoms with Gasteiger partial charge in [0.25, 0.3) is 0 Å². The Morgan fingerprint density at radius 2 is 1.85 bits per heavy atom. The number of aliphatic hydroxyl groups is 1. The predicted octanol–water partition coefficient (Wildman–Crippen LogP) is 1.91. The van der Waals surface area contributed by atoms with Crippen LogP contribution in [0.3, 0.4) is 0 Å². The van der Waals surface area contributed by atoms with Crippen LogP contribution in [-0.2, 0) is 11.3 Å². The second-order valence-corrected chi connectivity index (χ2v) is 6.80. The number of hydrogen-bond acceptors (Lipinski definition) is 4. The van der Waals surface area contributed by atoms with Crippen LogP contribution >= 0.6 is 0 Å². The van der Waals surface area contributed by atoms with Gasteiger partial charge in [0, 0.05) is 38.8 Å². The Hall–Kier alpha value is -2.28. The molecule has 2 aliphatic rings. The monoisotopic (exact) mass is 361 g/mol. The van der Waals surface area contributed by atoms with Crippen molar-refractivity contribution in [2.45, 2.75) is 31.9 Å². The van der Waals surface area contributed by atoms with Crippen molar-refractivity contribution in [1.29, 1.82) is 0 Å². The predicted molar refractivity (Wildman–Crippen MR) is 96.6 cm³/mol. The largest absolute Gasteiger partial charge is 0.445 e. The summed E-state index contributed by atoms with van der Waals surface area (Å²) in [4.78, 5) is 30.1. The quantitative estimate of drug-likeness (QED) is 0.869. The fourth-order valence-electron chi connectivity index (χ4n) is 3.64. The lowest BCUT2D eigenvalue weighted by atomic mass is 10.0. The van der Waals surface area contributed by atoms with Crippen molar-refractivity contribution >= 4 is 12.1 Å². The van der Waals surface area contributed by atoms with Gasteiger partial charge in [0.2, 0.25) is 0 Å². The SMILES string of the molecule is O=C(OCc1ccccc1)N1CCC(N2CCCN(CCO)C2=O)CC1. The fraction of sp³-hybridized carbons (Fsp3) is 0.579. The molecule has 0 aromatic heterocycles. The lowest BCUT2D eigenvalue weighted by molar-refractivity contribution is 0.0584. The highest BCUT2D eigenvalue weighted by molar-refractivity contribution is 5.75. The van der Waals surface area contributed by atoms with E-state index < -0.39 is 0 Å². The number of benzene rings is 1. The molecule has 0 unspecified atom stereocenters. The minimum Gasteiger partial charge on any atom is -0.445 e. The van der Waals surface area contributed by atoms with E-state index >= 15 is 0 Å². The Morgan fingerprint density at radius 3 is 2.54 bits per heavy atom. The molecule has 0 atom stereocenters. The van der Waals surface area contributed by atoms with E-state index in [0.717, 1.165) is 31.4 Å². The number of amides is 3. The lowest BCUT2D eigenvalue weighted by Gasteiger charge is -2.43. The Balaban J connectivity index is 1.46. The van der Waals surface area contributed by atoms with E-state index in [1.54, 1.807) is 9.80 Å². The van der Waals surface area contributed by atoms with Gasteiger partial charge in [0.05, 0.1) is 6.61 Å². The van der Waals surface area contributed by atoms with Gasteiger partial charge in [0.1, 0.15) is 6.61 Å². The highest BCUT2D eigenvalue weighted by Crippen LogP contribution is 2.21. The molecule has 0 spiro atoms. The number of nitrogens with zero attached hydrogens (tertiary/aromatic N) is 3. The van der Waals surface area contributed by atoms with Crippen LogP contribution in [-0.4, -0.2) is 77.3 Å². The molecule has 1 N–H and O–H groups in total. The molecular weight excluding hydrogens is 334 g/mol. The van der Waals surface area contributed by atoms with Crippen LogP contribution in [0.1, 0.15) is 24.8 Å². The summed E-state index contributed by atoms with van der Waals surface area (Å²) in [6.45, 7) is 3.32. The number of β-amino-alcohol motifs (C(OH)–C–C–N with tert-alkyl or cyclic N) is 1. The van der Waals surface area contributed by atoms with Gasteiger partial charge in [-0.3, -0.25) is 0 Å². The molecule has 2 fully saturated rings. The van der Waals surface area contributed by atoms with Crippen molar-refractivity contribution in [3.05, 3.63) is 35.9 Å². The average Bonchev–Trinajstić information content (AvgIpc) is 2.69. The zero-order chi connectivity index (χ0) is 18.4. The Kier molecular flexibility index (Phi) is 6.33. The minimum atomic E-state index is -0.292. The zero-order valence-corrected chi connectivity index (χ0v) is 15.0. The van der Waals surface area contributed by atoms with Gasteiger partial charge in [0.15, 0.2) is 0 Å². The van der Waals surface area contributed by atoms with E-state index in [-0.39, 0.29) is 31.4 Å². The zero-order valence-electron chi connectivity index (χ0n) is 15.0. The third kappa shape index (κ3) is 4.46. The van der Waals surface area contributed by atoms with Crippen molar-refractivity contribution in [3.63, 3.8) is 0 Å². The molecule has 1 aromatic rings. The molecule has 7 heteroatoms. The molecule has 0 radical (unpaired) electrons. The molecular formula is C19H27N3O4. The van der Waals surface area contributed by atoms with Gasteiger partial charge in [-0.15, -0.1) is 0 Å². The van der Waals surface area contributed by atoms with E-state index in [1.807, 2.05) is 35.2 Å². The van der Waals surface area contributed by atoms with Crippen LogP contribution in [0.4, 0.5) is 9.59 Å². The highest BCUT2D eigenvalue weighted by Gasteiger charge is 2.34. The summed E-state index contributed by atoms with van der Waals surface area (Å²) in [5.41, 5.74) is 0.971. The maximum Gasteiger partial charge on any atom is 0.410 e. The number of likely N-dealkylation sites (tertiary alicyclic amines) is 1. The summed E-state index contributed by atoms with van der Waals surface area (Å²) < 4.78 is 5.39. The molecule has 26 heavy (non-hydrogen) atoms. The number of hydrogen-bond donors (Lipinski definition) is 1. The number of rotatable bonds is 5. The van der Waals surface area contributed by atoms with E-state index in [4.69, 9.17) is 9.84 Å². The normalized spacial score (nSPS) is 19.0.